The average molecular weight is 395 g/mol. The predicted molar refractivity (Wildman–Crippen MR) is 106 cm³/mol. The summed E-state index contributed by atoms with van der Waals surface area (Å²) in [5.41, 5.74) is 1.37. The second-order valence-electron chi connectivity index (χ2n) is 6.68. The summed E-state index contributed by atoms with van der Waals surface area (Å²) in [4.78, 5) is 40.6. The zero-order valence-electron chi connectivity index (χ0n) is 16.2. The third kappa shape index (κ3) is 4.75. The maximum absolute atomic E-state index is 12.4. The van der Waals surface area contributed by atoms with Crippen LogP contribution in [0.1, 0.15) is 37.2 Å². The van der Waals surface area contributed by atoms with Crippen molar-refractivity contribution in [3.8, 4) is 0 Å². The summed E-state index contributed by atoms with van der Waals surface area (Å²) in [6, 6.07) is 9.67. The molecule has 0 aliphatic heterocycles. The minimum atomic E-state index is -1.17. The SMILES string of the molecule is CC(OC(=O)c1cnc2c(cnn2C(C)C)c1)C(=O)NC(=O)Nc1ccccc1. The van der Waals surface area contributed by atoms with Crippen LogP contribution in [0.5, 0.6) is 0 Å². The molecule has 0 aliphatic rings. The van der Waals surface area contributed by atoms with Crippen LogP contribution in [0, 0.1) is 0 Å². The summed E-state index contributed by atoms with van der Waals surface area (Å²) in [5, 5.41) is 9.58. The molecule has 0 spiro atoms. The van der Waals surface area contributed by atoms with Crippen molar-refractivity contribution >= 4 is 34.6 Å². The third-order valence-electron chi connectivity index (χ3n) is 4.08. The molecule has 3 amide bonds. The molecular weight excluding hydrogens is 374 g/mol. The molecule has 2 aromatic heterocycles. The molecule has 9 nitrogen and oxygen atoms in total. The van der Waals surface area contributed by atoms with E-state index in [1.165, 1.54) is 13.1 Å². The summed E-state index contributed by atoms with van der Waals surface area (Å²) in [5.74, 6) is -1.46. The fourth-order valence-corrected chi connectivity index (χ4v) is 2.61. The zero-order chi connectivity index (χ0) is 21.0. The van der Waals surface area contributed by atoms with Gasteiger partial charge in [-0.3, -0.25) is 10.1 Å². The van der Waals surface area contributed by atoms with Crippen LogP contribution in [0.2, 0.25) is 0 Å². The van der Waals surface area contributed by atoms with Crippen molar-refractivity contribution in [2.75, 3.05) is 5.32 Å². The summed E-state index contributed by atoms with van der Waals surface area (Å²) < 4.78 is 6.90. The first-order chi connectivity index (χ1) is 13.8. The molecule has 1 aromatic carbocycles. The van der Waals surface area contributed by atoms with E-state index in [1.807, 2.05) is 13.8 Å². The molecule has 0 radical (unpaired) electrons. The lowest BCUT2D eigenvalue weighted by atomic mass is 10.2. The Balaban J connectivity index is 1.60. The maximum atomic E-state index is 12.4. The van der Waals surface area contributed by atoms with Crippen molar-refractivity contribution in [1.82, 2.24) is 20.1 Å². The fraction of sp³-hybridized carbons (Fsp3) is 0.250. The standard InChI is InChI=1S/C20H21N5O4/c1-12(2)25-17-14(11-22-25)9-15(10-21-17)19(27)29-13(3)18(26)24-20(28)23-16-7-5-4-6-8-16/h4-13H,1-3H3,(H2,23,24,26,28). The Kier molecular flexibility index (Phi) is 5.87. The molecule has 3 aromatic rings. The largest absolute Gasteiger partial charge is 0.449 e. The Hall–Kier alpha value is -3.75. The molecule has 0 fully saturated rings. The number of fused-ring (bicyclic) bond motifs is 1. The number of urea groups is 1. The Morgan fingerprint density at radius 2 is 1.79 bits per heavy atom. The van der Waals surface area contributed by atoms with Gasteiger partial charge < -0.3 is 10.1 Å². The number of benzene rings is 1. The number of imide groups is 1. The molecule has 9 heteroatoms. The second kappa shape index (κ2) is 8.51. The summed E-state index contributed by atoms with van der Waals surface area (Å²) in [6.07, 6.45) is 1.82. The van der Waals surface area contributed by atoms with Gasteiger partial charge in [-0.05, 0) is 39.0 Å². The van der Waals surface area contributed by atoms with Crippen LogP contribution in [-0.2, 0) is 9.53 Å². The van der Waals surface area contributed by atoms with Crippen molar-refractivity contribution in [1.29, 1.82) is 0 Å². The molecule has 1 unspecified atom stereocenters. The number of ether oxygens (including phenoxy) is 1. The topological polar surface area (TPSA) is 115 Å². The highest BCUT2D eigenvalue weighted by Crippen LogP contribution is 2.17. The van der Waals surface area contributed by atoms with E-state index in [-0.39, 0.29) is 11.6 Å². The maximum Gasteiger partial charge on any atom is 0.340 e. The fourth-order valence-electron chi connectivity index (χ4n) is 2.61. The van der Waals surface area contributed by atoms with Gasteiger partial charge in [-0.2, -0.15) is 5.10 Å². The Bertz CT molecular complexity index is 1050. The number of aromatic nitrogens is 3. The number of pyridine rings is 1. The molecule has 2 N–H and O–H groups in total. The van der Waals surface area contributed by atoms with E-state index in [9.17, 15) is 14.4 Å². The summed E-state index contributed by atoms with van der Waals surface area (Å²) in [7, 11) is 0. The number of carbonyl (C=O) groups excluding carboxylic acids is 3. The van der Waals surface area contributed by atoms with Crippen molar-refractivity contribution < 1.29 is 19.1 Å². The number of nitrogens with zero attached hydrogens (tertiary/aromatic N) is 3. The first kappa shape index (κ1) is 20.0. The number of para-hydroxylation sites is 1. The van der Waals surface area contributed by atoms with Gasteiger partial charge in [-0.25, -0.2) is 19.3 Å². The summed E-state index contributed by atoms with van der Waals surface area (Å²) >= 11 is 0. The average Bonchev–Trinajstić information content (AvgIpc) is 3.12. The zero-order valence-corrected chi connectivity index (χ0v) is 16.2. The van der Waals surface area contributed by atoms with Crippen LogP contribution >= 0.6 is 0 Å². The molecule has 1 atom stereocenters. The number of amides is 3. The molecule has 150 valence electrons. The highest BCUT2D eigenvalue weighted by molar-refractivity contribution is 6.03. The van der Waals surface area contributed by atoms with Crippen LogP contribution in [0.15, 0.2) is 48.8 Å². The third-order valence-corrected chi connectivity index (χ3v) is 4.08. The monoisotopic (exact) mass is 395 g/mol. The molecule has 0 bridgehead atoms. The van der Waals surface area contributed by atoms with E-state index in [1.54, 1.807) is 47.3 Å². The van der Waals surface area contributed by atoms with Gasteiger partial charge in [0.2, 0.25) is 0 Å². The van der Waals surface area contributed by atoms with Crippen molar-refractivity contribution in [3.63, 3.8) is 0 Å². The van der Waals surface area contributed by atoms with Crippen molar-refractivity contribution in [2.45, 2.75) is 32.9 Å². The van der Waals surface area contributed by atoms with E-state index >= 15 is 0 Å². The van der Waals surface area contributed by atoms with Crippen LogP contribution in [0.3, 0.4) is 0 Å². The Morgan fingerprint density at radius 1 is 1.07 bits per heavy atom. The predicted octanol–water partition coefficient (Wildman–Crippen LogP) is 2.91. The molecule has 29 heavy (non-hydrogen) atoms. The number of hydrogen-bond acceptors (Lipinski definition) is 6. The molecule has 0 saturated carbocycles. The number of nitrogens with one attached hydrogen (secondary N) is 2. The van der Waals surface area contributed by atoms with E-state index in [4.69, 9.17) is 4.74 Å². The van der Waals surface area contributed by atoms with E-state index in [0.29, 0.717) is 16.7 Å². The van der Waals surface area contributed by atoms with Gasteiger partial charge in [0.25, 0.3) is 5.91 Å². The lowest BCUT2D eigenvalue weighted by Crippen LogP contribution is -2.41. The van der Waals surface area contributed by atoms with Gasteiger partial charge in [-0.1, -0.05) is 18.2 Å². The molecule has 0 aliphatic carbocycles. The smallest absolute Gasteiger partial charge is 0.340 e. The minimum Gasteiger partial charge on any atom is -0.449 e. The molecular formula is C20H21N5O4. The summed E-state index contributed by atoms with van der Waals surface area (Å²) in [6.45, 7) is 5.33. The van der Waals surface area contributed by atoms with Crippen LogP contribution in [0.4, 0.5) is 10.5 Å². The molecule has 3 rings (SSSR count). The van der Waals surface area contributed by atoms with Gasteiger partial charge in [0.1, 0.15) is 0 Å². The quantitative estimate of drug-likeness (QED) is 0.642. The van der Waals surface area contributed by atoms with Gasteiger partial charge in [0.15, 0.2) is 11.8 Å². The number of anilines is 1. The number of rotatable bonds is 5. The first-order valence-electron chi connectivity index (χ1n) is 9.06. The Labute approximate surface area is 167 Å². The van der Waals surface area contributed by atoms with E-state index in [0.717, 1.165) is 0 Å². The van der Waals surface area contributed by atoms with Gasteiger partial charge >= 0.3 is 12.0 Å². The van der Waals surface area contributed by atoms with Crippen LogP contribution in [0.25, 0.3) is 11.0 Å². The van der Waals surface area contributed by atoms with Gasteiger partial charge in [-0.15, -0.1) is 0 Å². The number of carbonyl (C=O) groups is 3. The highest BCUT2D eigenvalue weighted by Gasteiger charge is 2.22. The number of esters is 1. The second-order valence-corrected chi connectivity index (χ2v) is 6.68. The number of hydrogen-bond donors (Lipinski definition) is 2. The normalized spacial score (nSPS) is 11.9. The van der Waals surface area contributed by atoms with E-state index < -0.39 is 24.0 Å². The van der Waals surface area contributed by atoms with Crippen molar-refractivity contribution in [3.05, 3.63) is 54.4 Å². The lowest BCUT2D eigenvalue weighted by Gasteiger charge is -2.13. The molecule has 0 saturated heterocycles. The first-order valence-corrected chi connectivity index (χ1v) is 9.06. The lowest BCUT2D eigenvalue weighted by molar-refractivity contribution is -0.127. The highest BCUT2D eigenvalue weighted by atomic mass is 16.5. The van der Waals surface area contributed by atoms with Crippen LogP contribution < -0.4 is 10.6 Å². The van der Waals surface area contributed by atoms with Gasteiger partial charge in [0.05, 0.1) is 11.8 Å². The van der Waals surface area contributed by atoms with E-state index in [2.05, 4.69) is 20.7 Å². The van der Waals surface area contributed by atoms with Crippen molar-refractivity contribution in [2.24, 2.45) is 0 Å². The minimum absolute atomic E-state index is 0.128. The van der Waals surface area contributed by atoms with Crippen LogP contribution in [-0.4, -0.2) is 38.8 Å². The Morgan fingerprint density at radius 3 is 2.48 bits per heavy atom. The molecule has 2 heterocycles. The van der Waals surface area contributed by atoms with Gasteiger partial charge in [0, 0.05) is 23.3 Å².